The molecular weight excluding hydrogens is 412 g/mol. The summed E-state index contributed by atoms with van der Waals surface area (Å²) in [6.45, 7) is 9.34. The first kappa shape index (κ1) is 21.6. The van der Waals surface area contributed by atoms with Crippen molar-refractivity contribution in [2.75, 3.05) is 13.1 Å². The van der Waals surface area contributed by atoms with Crippen molar-refractivity contribution in [2.24, 2.45) is 0 Å². The number of nitrogens with zero attached hydrogens (tertiary/aromatic N) is 2. The van der Waals surface area contributed by atoms with Crippen molar-refractivity contribution in [3.63, 3.8) is 0 Å². The Hall–Kier alpha value is -2.63. The summed E-state index contributed by atoms with van der Waals surface area (Å²) in [6, 6.07) is 13.2. The molecule has 2 aliphatic rings. The second-order valence-corrected chi connectivity index (χ2v) is 8.96. The zero-order chi connectivity index (χ0) is 22.3. The van der Waals surface area contributed by atoms with Crippen LogP contribution in [0.5, 0.6) is 0 Å². The average molecular weight is 439 g/mol. The smallest absolute Gasteiger partial charge is 0.278 e. The number of morpholine rings is 1. The Labute approximate surface area is 188 Å². The number of hydrogen-bond acceptors (Lipinski definition) is 4. The maximum Gasteiger partial charge on any atom is 0.278 e. The van der Waals surface area contributed by atoms with Crippen molar-refractivity contribution >= 4 is 29.0 Å². The molecule has 31 heavy (non-hydrogen) atoms. The van der Waals surface area contributed by atoms with Crippen LogP contribution in [-0.4, -0.2) is 46.9 Å². The molecule has 0 aromatic heterocycles. The van der Waals surface area contributed by atoms with Gasteiger partial charge in [0, 0.05) is 18.1 Å². The van der Waals surface area contributed by atoms with Crippen LogP contribution in [0.1, 0.15) is 36.1 Å². The molecule has 0 bridgehead atoms. The van der Waals surface area contributed by atoms with Crippen LogP contribution >= 0.6 is 11.6 Å². The zero-order valence-electron chi connectivity index (χ0n) is 18.3. The first-order chi connectivity index (χ1) is 14.7. The van der Waals surface area contributed by atoms with Gasteiger partial charge in [0.15, 0.2) is 0 Å². The quantitative estimate of drug-likeness (QED) is 0.666. The number of amides is 2. The molecule has 2 heterocycles. The van der Waals surface area contributed by atoms with Crippen molar-refractivity contribution in [1.29, 1.82) is 0 Å². The topological polar surface area (TPSA) is 49.9 Å². The second kappa shape index (κ2) is 8.48. The van der Waals surface area contributed by atoms with Crippen molar-refractivity contribution in [3.05, 3.63) is 75.4 Å². The molecule has 1 saturated heterocycles. The predicted octanol–water partition coefficient (Wildman–Crippen LogP) is 4.35. The highest BCUT2D eigenvalue weighted by molar-refractivity contribution is 6.35. The van der Waals surface area contributed by atoms with E-state index in [0.29, 0.717) is 29.4 Å². The fourth-order valence-electron chi connectivity index (χ4n) is 4.47. The van der Waals surface area contributed by atoms with Crippen molar-refractivity contribution in [2.45, 2.75) is 46.4 Å². The van der Waals surface area contributed by atoms with Gasteiger partial charge in [-0.25, -0.2) is 0 Å². The maximum absolute atomic E-state index is 13.6. The van der Waals surface area contributed by atoms with Crippen molar-refractivity contribution in [3.8, 4) is 0 Å². The van der Waals surface area contributed by atoms with Crippen LogP contribution < -0.4 is 0 Å². The predicted molar refractivity (Wildman–Crippen MR) is 121 cm³/mol. The molecule has 2 aliphatic heterocycles. The summed E-state index contributed by atoms with van der Waals surface area (Å²) in [6.07, 6.45) is -0.0466. The van der Waals surface area contributed by atoms with Crippen LogP contribution in [-0.2, 0) is 20.9 Å². The fourth-order valence-corrected chi connectivity index (χ4v) is 4.60. The van der Waals surface area contributed by atoms with Gasteiger partial charge in [0.25, 0.3) is 11.8 Å². The van der Waals surface area contributed by atoms with Crippen LogP contribution in [0.4, 0.5) is 0 Å². The zero-order valence-corrected chi connectivity index (χ0v) is 19.1. The summed E-state index contributed by atoms with van der Waals surface area (Å²) in [5.74, 6) is -0.509. The number of carbonyl (C=O) groups is 2. The largest absolute Gasteiger partial charge is 0.372 e. The number of hydrogen-bond donors (Lipinski definition) is 0. The van der Waals surface area contributed by atoms with Crippen LogP contribution in [0.2, 0.25) is 5.02 Å². The Balaban J connectivity index is 1.78. The SMILES string of the molecule is Cc1ccc(C2=C(N3CC(C)OC(C)C3)C(=O)N(Cc3ccc(Cl)cc3)C2=O)c(C)c1. The third-order valence-electron chi connectivity index (χ3n) is 5.78. The summed E-state index contributed by atoms with van der Waals surface area (Å²) in [7, 11) is 0. The second-order valence-electron chi connectivity index (χ2n) is 8.53. The van der Waals surface area contributed by atoms with E-state index in [1.54, 1.807) is 12.1 Å². The number of benzene rings is 2. The van der Waals surface area contributed by atoms with Crippen molar-refractivity contribution < 1.29 is 14.3 Å². The molecule has 2 amide bonds. The maximum atomic E-state index is 13.6. The summed E-state index contributed by atoms with van der Waals surface area (Å²) >= 11 is 6.00. The number of carbonyl (C=O) groups excluding carboxylic acids is 2. The van der Waals surface area contributed by atoms with E-state index < -0.39 is 0 Å². The van der Waals surface area contributed by atoms with E-state index in [1.165, 1.54) is 4.90 Å². The van der Waals surface area contributed by atoms with E-state index in [4.69, 9.17) is 16.3 Å². The van der Waals surface area contributed by atoms with Crippen LogP contribution in [0.3, 0.4) is 0 Å². The lowest BCUT2D eigenvalue weighted by Crippen LogP contribution is -2.46. The first-order valence-corrected chi connectivity index (χ1v) is 11.0. The number of ether oxygens (including phenoxy) is 1. The molecule has 5 nitrogen and oxygen atoms in total. The molecular formula is C25H27ClN2O3. The minimum Gasteiger partial charge on any atom is -0.372 e. The standard InChI is InChI=1S/C25H27ClN2O3/c1-15-5-10-21(16(2)11-15)22-23(27-12-17(3)31-18(4)13-27)25(30)28(24(22)29)14-19-6-8-20(26)9-7-19/h5-11,17-18H,12-14H2,1-4H3. The third kappa shape index (κ3) is 4.25. The van der Waals surface area contributed by atoms with Gasteiger partial charge >= 0.3 is 0 Å². The van der Waals surface area contributed by atoms with Crippen LogP contribution in [0.25, 0.3) is 5.57 Å². The molecule has 2 aromatic rings. The molecule has 4 rings (SSSR count). The molecule has 0 saturated carbocycles. The Morgan fingerprint density at radius 3 is 2.23 bits per heavy atom. The van der Waals surface area contributed by atoms with Gasteiger partial charge in [0.1, 0.15) is 5.70 Å². The van der Waals surface area contributed by atoms with E-state index in [0.717, 1.165) is 22.3 Å². The summed E-state index contributed by atoms with van der Waals surface area (Å²) in [5, 5.41) is 0.619. The van der Waals surface area contributed by atoms with Gasteiger partial charge in [-0.15, -0.1) is 0 Å². The minimum absolute atomic E-state index is 0.0233. The lowest BCUT2D eigenvalue weighted by molar-refractivity contribution is -0.139. The summed E-state index contributed by atoms with van der Waals surface area (Å²) in [4.78, 5) is 30.6. The number of rotatable bonds is 4. The molecule has 0 aliphatic carbocycles. The van der Waals surface area contributed by atoms with Crippen LogP contribution in [0, 0.1) is 13.8 Å². The van der Waals surface area contributed by atoms with Gasteiger partial charge < -0.3 is 9.64 Å². The van der Waals surface area contributed by atoms with E-state index in [2.05, 4.69) is 0 Å². The summed E-state index contributed by atoms with van der Waals surface area (Å²) in [5.41, 5.74) is 4.73. The molecule has 2 atom stereocenters. The number of imide groups is 1. The first-order valence-electron chi connectivity index (χ1n) is 10.6. The number of halogens is 1. The monoisotopic (exact) mass is 438 g/mol. The van der Waals surface area contributed by atoms with Gasteiger partial charge in [-0.1, -0.05) is 47.5 Å². The van der Waals surface area contributed by atoms with Gasteiger partial charge in [-0.2, -0.15) is 0 Å². The average Bonchev–Trinajstić information content (AvgIpc) is 2.93. The molecule has 0 radical (unpaired) electrons. The van der Waals surface area contributed by atoms with E-state index in [1.807, 2.05) is 62.9 Å². The van der Waals surface area contributed by atoms with Gasteiger partial charge in [-0.3, -0.25) is 14.5 Å². The van der Waals surface area contributed by atoms with Crippen molar-refractivity contribution in [1.82, 2.24) is 9.80 Å². The van der Waals surface area contributed by atoms with E-state index >= 15 is 0 Å². The van der Waals surface area contributed by atoms with Gasteiger partial charge in [0.05, 0.1) is 24.3 Å². The molecule has 2 aromatic carbocycles. The van der Waals surface area contributed by atoms with Gasteiger partial charge in [0.2, 0.25) is 0 Å². The summed E-state index contributed by atoms with van der Waals surface area (Å²) < 4.78 is 5.87. The highest BCUT2D eigenvalue weighted by Crippen LogP contribution is 2.35. The normalized spacial score (nSPS) is 22.0. The van der Waals surface area contributed by atoms with Crippen LogP contribution in [0.15, 0.2) is 48.2 Å². The number of aryl methyl sites for hydroxylation is 2. The lowest BCUT2D eigenvalue weighted by atomic mass is 9.97. The Kier molecular flexibility index (Phi) is 5.91. The molecule has 1 fully saturated rings. The fraction of sp³-hybridized carbons (Fsp3) is 0.360. The minimum atomic E-state index is -0.256. The highest BCUT2D eigenvalue weighted by atomic mass is 35.5. The highest BCUT2D eigenvalue weighted by Gasteiger charge is 2.43. The van der Waals surface area contributed by atoms with Gasteiger partial charge in [-0.05, 0) is 56.5 Å². The Morgan fingerprint density at radius 2 is 1.61 bits per heavy atom. The molecule has 162 valence electrons. The molecule has 6 heteroatoms. The molecule has 0 spiro atoms. The lowest BCUT2D eigenvalue weighted by Gasteiger charge is -2.37. The Morgan fingerprint density at radius 1 is 0.968 bits per heavy atom. The Bertz CT molecular complexity index is 1050. The molecule has 2 unspecified atom stereocenters. The molecule has 0 N–H and O–H groups in total. The van der Waals surface area contributed by atoms with E-state index in [9.17, 15) is 9.59 Å². The third-order valence-corrected chi connectivity index (χ3v) is 6.04. The van der Waals surface area contributed by atoms with E-state index in [-0.39, 0.29) is 30.6 Å².